The summed E-state index contributed by atoms with van der Waals surface area (Å²) in [6.45, 7) is 9.26. The Bertz CT molecular complexity index is 514. The average Bonchev–Trinajstić information content (AvgIpc) is 2.42. The molecule has 5 nitrogen and oxygen atoms in total. The number of hydrogen-bond acceptors (Lipinski definition) is 4. The van der Waals surface area contributed by atoms with Gasteiger partial charge in [0.1, 0.15) is 0 Å². The van der Waals surface area contributed by atoms with Crippen molar-refractivity contribution in [2.45, 2.75) is 32.7 Å². The van der Waals surface area contributed by atoms with Gasteiger partial charge in [-0.15, -0.1) is 0 Å². The molecule has 0 radical (unpaired) electrons. The molecule has 1 aliphatic rings. The molecule has 5 heteroatoms. The van der Waals surface area contributed by atoms with Crippen LogP contribution in [0.15, 0.2) is 18.2 Å². The molecule has 0 aliphatic carbocycles. The Kier molecular flexibility index (Phi) is 4.85. The van der Waals surface area contributed by atoms with Crippen molar-refractivity contribution < 1.29 is 9.53 Å². The molecule has 1 saturated heterocycles. The van der Waals surface area contributed by atoms with Crippen molar-refractivity contribution in [2.24, 2.45) is 0 Å². The number of rotatable bonds is 4. The number of hydrogen-bond donors (Lipinski definition) is 2. The molecule has 1 heterocycles. The Morgan fingerprint density at radius 3 is 2.95 bits per heavy atom. The molecule has 0 aromatic heterocycles. The van der Waals surface area contributed by atoms with Gasteiger partial charge in [-0.3, -0.25) is 9.69 Å². The highest BCUT2D eigenvalue weighted by Crippen LogP contribution is 2.21. The fraction of sp³-hybridized carbons (Fsp3) is 0.562. The summed E-state index contributed by atoms with van der Waals surface area (Å²) in [5.74, 6) is 0.0194. The minimum atomic E-state index is -0.00831. The highest BCUT2D eigenvalue weighted by atomic mass is 16.5. The van der Waals surface area contributed by atoms with Gasteiger partial charge in [0.25, 0.3) is 0 Å². The molecule has 3 N–H and O–H groups in total. The maximum absolute atomic E-state index is 12.1. The molecule has 1 aromatic rings. The summed E-state index contributed by atoms with van der Waals surface area (Å²) in [5.41, 5.74) is 8.24. The van der Waals surface area contributed by atoms with Gasteiger partial charge in [0, 0.05) is 36.4 Å². The third-order valence-electron chi connectivity index (χ3n) is 4.08. The van der Waals surface area contributed by atoms with E-state index in [-0.39, 0.29) is 11.4 Å². The van der Waals surface area contributed by atoms with E-state index >= 15 is 0 Å². The Morgan fingerprint density at radius 2 is 2.24 bits per heavy atom. The zero-order chi connectivity index (χ0) is 15.5. The topological polar surface area (TPSA) is 67.6 Å². The average molecular weight is 291 g/mol. The Hall–Kier alpha value is -1.59. The molecule has 0 saturated carbocycles. The Morgan fingerprint density at radius 1 is 1.48 bits per heavy atom. The van der Waals surface area contributed by atoms with E-state index in [1.54, 1.807) is 0 Å². The molecular weight excluding hydrogens is 266 g/mol. The third kappa shape index (κ3) is 3.95. The van der Waals surface area contributed by atoms with Crippen molar-refractivity contribution in [3.63, 3.8) is 0 Å². The minimum absolute atomic E-state index is 0.00831. The van der Waals surface area contributed by atoms with E-state index in [1.165, 1.54) is 0 Å². The second-order valence-corrected chi connectivity index (χ2v) is 6.17. The van der Waals surface area contributed by atoms with E-state index in [0.717, 1.165) is 30.9 Å². The number of anilines is 2. The van der Waals surface area contributed by atoms with Crippen molar-refractivity contribution in [1.82, 2.24) is 4.90 Å². The fourth-order valence-corrected chi connectivity index (χ4v) is 2.54. The number of ether oxygens (including phenoxy) is 1. The first-order chi connectivity index (χ1) is 9.90. The molecule has 0 spiro atoms. The number of nitrogens with zero attached hydrogens (tertiary/aromatic N) is 1. The van der Waals surface area contributed by atoms with Gasteiger partial charge in [-0.1, -0.05) is 6.07 Å². The SMILES string of the molecule is Cc1c(N)cccc1NC(=O)CCN1CCOCC1(C)C. The third-order valence-corrected chi connectivity index (χ3v) is 4.08. The van der Waals surface area contributed by atoms with Gasteiger partial charge in [-0.25, -0.2) is 0 Å². The summed E-state index contributed by atoms with van der Waals surface area (Å²) in [6, 6.07) is 5.56. The lowest BCUT2D eigenvalue weighted by molar-refractivity contribution is -0.117. The molecule has 0 bridgehead atoms. The minimum Gasteiger partial charge on any atom is -0.398 e. The highest BCUT2D eigenvalue weighted by Gasteiger charge is 2.30. The predicted octanol–water partition coefficient (Wildman–Crippen LogP) is 2.02. The predicted molar refractivity (Wildman–Crippen MR) is 85.3 cm³/mol. The maximum atomic E-state index is 12.1. The number of benzene rings is 1. The second kappa shape index (κ2) is 6.45. The normalized spacial score (nSPS) is 18.4. The Balaban J connectivity index is 1.89. The van der Waals surface area contributed by atoms with Crippen LogP contribution < -0.4 is 11.1 Å². The van der Waals surface area contributed by atoms with Crippen LogP contribution in [0.4, 0.5) is 11.4 Å². The number of amides is 1. The van der Waals surface area contributed by atoms with Crippen LogP contribution in [0.2, 0.25) is 0 Å². The van der Waals surface area contributed by atoms with Gasteiger partial charge in [0.2, 0.25) is 5.91 Å². The van der Waals surface area contributed by atoms with E-state index < -0.39 is 0 Å². The molecule has 21 heavy (non-hydrogen) atoms. The second-order valence-electron chi connectivity index (χ2n) is 6.17. The van der Waals surface area contributed by atoms with Gasteiger partial charge in [0.05, 0.1) is 13.2 Å². The molecule has 0 unspecified atom stereocenters. The first kappa shape index (κ1) is 15.8. The van der Waals surface area contributed by atoms with E-state index in [2.05, 4.69) is 24.1 Å². The van der Waals surface area contributed by atoms with Crippen LogP contribution in [0.1, 0.15) is 25.8 Å². The number of carbonyl (C=O) groups is 1. The molecular formula is C16H25N3O2. The lowest BCUT2D eigenvalue weighted by atomic mass is 10.0. The van der Waals surface area contributed by atoms with Gasteiger partial charge in [-0.05, 0) is 38.5 Å². The van der Waals surface area contributed by atoms with Gasteiger partial charge in [0.15, 0.2) is 0 Å². The van der Waals surface area contributed by atoms with Gasteiger partial charge in [-0.2, -0.15) is 0 Å². The highest BCUT2D eigenvalue weighted by molar-refractivity contribution is 5.92. The number of nitrogens with one attached hydrogen (secondary N) is 1. The molecule has 1 aliphatic heterocycles. The van der Waals surface area contributed by atoms with Gasteiger partial charge < -0.3 is 15.8 Å². The largest absolute Gasteiger partial charge is 0.398 e. The first-order valence-corrected chi connectivity index (χ1v) is 7.38. The van der Waals surface area contributed by atoms with Crippen molar-refractivity contribution >= 4 is 17.3 Å². The van der Waals surface area contributed by atoms with Crippen molar-refractivity contribution in [1.29, 1.82) is 0 Å². The van der Waals surface area contributed by atoms with E-state index in [4.69, 9.17) is 10.5 Å². The number of morpholine rings is 1. The lowest BCUT2D eigenvalue weighted by Gasteiger charge is -2.42. The summed E-state index contributed by atoms with van der Waals surface area (Å²) in [4.78, 5) is 14.4. The molecule has 0 atom stereocenters. The number of nitrogen functional groups attached to an aromatic ring is 1. The number of carbonyl (C=O) groups excluding carboxylic acids is 1. The standard InChI is InChI=1S/C16H25N3O2/c1-12-13(17)5-4-6-14(12)18-15(20)7-8-19-9-10-21-11-16(19,2)3/h4-6H,7-11,17H2,1-3H3,(H,18,20). The summed E-state index contributed by atoms with van der Waals surface area (Å²) in [7, 11) is 0. The van der Waals surface area contributed by atoms with Crippen LogP contribution in [0.3, 0.4) is 0 Å². The zero-order valence-electron chi connectivity index (χ0n) is 13.1. The monoisotopic (exact) mass is 291 g/mol. The molecule has 1 amide bonds. The van der Waals surface area contributed by atoms with Crippen molar-refractivity contribution in [3.05, 3.63) is 23.8 Å². The quantitative estimate of drug-likeness (QED) is 0.833. The maximum Gasteiger partial charge on any atom is 0.225 e. The summed E-state index contributed by atoms with van der Waals surface area (Å²) < 4.78 is 5.49. The molecule has 116 valence electrons. The lowest BCUT2D eigenvalue weighted by Crippen LogP contribution is -2.53. The van der Waals surface area contributed by atoms with Crippen LogP contribution in [0.25, 0.3) is 0 Å². The number of nitrogens with two attached hydrogens (primary N) is 1. The van der Waals surface area contributed by atoms with Crippen LogP contribution in [0.5, 0.6) is 0 Å². The summed E-state index contributed by atoms with van der Waals surface area (Å²) >= 11 is 0. The van der Waals surface area contributed by atoms with Crippen LogP contribution in [0, 0.1) is 6.92 Å². The van der Waals surface area contributed by atoms with Crippen molar-refractivity contribution in [3.8, 4) is 0 Å². The van der Waals surface area contributed by atoms with Gasteiger partial charge >= 0.3 is 0 Å². The van der Waals surface area contributed by atoms with Crippen LogP contribution in [-0.4, -0.2) is 42.6 Å². The smallest absolute Gasteiger partial charge is 0.225 e. The Labute approximate surface area is 126 Å². The molecule has 1 fully saturated rings. The fourth-order valence-electron chi connectivity index (χ4n) is 2.54. The van der Waals surface area contributed by atoms with E-state index in [9.17, 15) is 4.79 Å². The van der Waals surface area contributed by atoms with E-state index in [0.29, 0.717) is 18.7 Å². The summed E-state index contributed by atoms with van der Waals surface area (Å²) in [6.07, 6.45) is 0.470. The molecule has 2 rings (SSSR count). The van der Waals surface area contributed by atoms with Crippen LogP contribution >= 0.6 is 0 Å². The van der Waals surface area contributed by atoms with Crippen LogP contribution in [-0.2, 0) is 9.53 Å². The van der Waals surface area contributed by atoms with E-state index in [1.807, 2.05) is 25.1 Å². The molecule has 1 aromatic carbocycles. The van der Waals surface area contributed by atoms with Crippen molar-refractivity contribution in [2.75, 3.05) is 37.4 Å². The first-order valence-electron chi connectivity index (χ1n) is 7.38. The zero-order valence-corrected chi connectivity index (χ0v) is 13.1. The summed E-state index contributed by atoms with van der Waals surface area (Å²) in [5, 5.41) is 2.94.